The van der Waals surface area contributed by atoms with Gasteiger partial charge < -0.3 is 15.4 Å². The zero-order valence-electron chi connectivity index (χ0n) is 8.84. The third-order valence-corrected chi connectivity index (χ3v) is 1.17. The molecule has 0 N–H and O–H groups in total. The number of carbonyl (C=O) groups is 2. The molecule has 0 aliphatic rings. The van der Waals surface area contributed by atoms with Crippen molar-refractivity contribution in [1.82, 2.24) is 0 Å². The van der Waals surface area contributed by atoms with Crippen molar-refractivity contribution >= 4 is 11.9 Å². The first kappa shape index (κ1) is 15.8. The summed E-state index contributed by atoms with van der Waals surface area (Å²) < 4.78 is 8.71. The molecule has 0 aliphatic heterocycles. The SMILES string of the molecule is CCC#C[C-](C(=O)OC)C(=O)OC.[Na+]. The molecule has 72 valence electrons. The second kappa shape index (κ2) is 8.95. The van der Waals surface area contributed by atoms with Gasteiger partial charge in [0, 0.05) is 5.92 Å². The van der Waals surface area contributed by atoms with Crippen LogP contribution in [-0.2, 0) is 19.1 Å². The van der Waals surface area contributed by atoms with E-state index in [-0.39, 0.29) is 35.5 Å². The van der Waals surface area contributed by atoms with E-state index in [9.17, 15) is 9.59 Å². The van der Waals surface area contributed by atoms with Gasteiger partial charge in [-0.2, -0.15) is 0 Å². The van der Waals surface area contributed by atoms with Crippen LogP contribution in [0.15, 0.2) is 0 Å². The fraction of sp³-hybridized carbons (Fsp3) is 0.444. The normalized spacial score (nSPS) is 7.36. The third kappa shape index (κ3) is 5.18. The van der Waals surface area contributed by atoms with Crippen molar-refractivity contribution in [3.63, 3.8) is 0 Å². The number of ether oxygens (including phenoxy) is 2. The van der Waals surface area contributed by atoms with Crippen LogP contribution in [0.4, 0.5) is 0 Å². The van der Waals surface area contributed by atoms with Crippen LogP contribution in [0.5, 0.6) is 0 Å². The molecule has 0 aromatic heterocycles. The molecule has 0 rings (SSSR count). The van der Waals surface area contributed by atoms with Gasteiger partial charge in [-0.05, 0) is 0 Å². The molecule has 0 fully saturated rings. The van der Waals surface area contributed by atoms with Crippen molar-refractivity contribution in [2.75, 3.05) is 14.2 Å². The van der Waals surface area contributed by atoms with E-state index in [1.807, 2.05) is 0 Å². The third-order valence-electron chi connectivity index (χ3n) is 1.17. The first-order valence-corrected chi connectivity index (χ1v) is 3.69. The van der Waals surface area contributed by atoms with Crippen LogP contribution in [0.25, 0.3) is 0 Å². The fourth-order valence-electron chi connectivity index (χ4n) is 0.566. The quantitative estimate of drug-likeness (QED) is 0.162. The summed E-state index contributed by atoms with van der Waals surface area (Å²) in [7, 11) is 2.36. The van der Waals surface area contributed by atoms with Crippen LogP contribution in [0.3, 0.4) is 0 Å². The molecule has 5 heteroatoms. The van der Waals surface area contributed by atoms with E-state index in [0.29, 0.717) is 6.42 Å². The molecule has 0 aliphatic carbocycles. The zero-order chi connectivity index (χ0) is 10.3. The van der Waals surface area contributed by atoms with Crippen LogP contribution in [0.2, 0.25) is 0 Å². The summed E-state index contributed by atoms with van der Waals surface area (Å²) in [5, 5.41) is 0. The van der Waals surface area contributed by atoms with Crippen molar-refractivity contribution in [2.45, 2.75) is 13.3 Å². The fourth-order valence-corrected chi connectivity index (χ4v) is 0.566. The molecule has 0 heterocycles. The number of carbonyl (C=O) groups excluding carboxylic acids is 2. The smallest absolute Gasteiger partial charge is 0.478 e. The Bertz CT molecular complexity index is 235. The molecule has 0 radical (unpaired) electrons. The number of hydrogen-bond acceptors (Lipinski definition) is 4. The second-order valence-corrected chi connectivity index (χ2v) is 2.01. The molecule has 0 saturated heterocycles. The molecule has 0 spiro atoms. The van der Waals surface area contributed by atoms with Gasteiger partial charge in [0.15, 0.2) is 0 Å². The van der Waals surface area contributed by atoms with Gasteiger partial charge >= 0.3 is 29.6 Å². The standard InChI is InChI=1S/C9H11O4.Na/c1-4-5-6-7(8(10)12-2)9(11)13-3;/h4H2,1-3H3;/q-1;+1. The van der Waals surface area contributed by atoms with Crippen LogP contribution >= 0.6 is 0 Å². The van der Waals surface area contributed by atoms with Crippen LogP contribution in [0.1, 0.15) is 13.3 Å². The molecule has 0 bridgehead atoms. The maximum Gasteiger partial charge on any atom is 1.00 e. The summed E-state index contributed by atoms with van der Waals surface area (Å²) in [6.45, 7) is 1.80. The molecule has 0 atom stereocenters. The predicted octanol–water partition coefficient (Wildman–Crippen LogP) is -2.68. The van der Waals surface area contributed by atoms with Gasteiger partial charge in [0.25, 0.3) is 11.9 Å². The average molecular weight is 206 g/mol. The largest absolute Gasteiger partial charge is 1.00 e. The van der Waals surface area contributed by atoms with E-state index in [0.717, 1.165) is 0 Å². The van der Waals surface area contributed by atoms with Gasteiger partial charge in [0.05, 0.1) is 14.2 Å². The second-order valence-electron chi connectivity index (χ2n) is 2.01. The summed E-state index contributed by atoms with van der Waals surface area (Å²) >= 11 is 0. The Balaban J connectivity index is 0. The van der Waals surface area contributed by atoms with Gasteiger partial charge in [0.1, 0.15) is 0 Å². The van der Waals surface area contributed by atoms with E-state index < -0.39 is 11.9 Å². The minimum absolute atomic E-state index is 0. The average Bonchev–Trinajstić information content (AvgIpc) is 2.17. The minimum Gasteiger partial charge on any atom is -0.478 e. The topological polar surface area (TPSA) is 52.6 Å². The van der Waals surface area contributed by atoms with Crippen LogP contribution in [0, 0.1) is 17.8 Å². The van der Waals surface area contributed by atoms with Crippen LogP contribution in [-0.4, -0.2) is 26.2 Å². The molecule has 0 aromatic rings. The molecule has 4 nitrogen and oxygen atoms in total. The van der Waals surface area contributed by atoms with E-state index in [2.05, 4.69) is 21.3 Å². The molecular weight excluding hydrogens is 195 g/mol. The Kier molecular flexibility index (Phi) is 10.1. The van der Waals surface area contributed by atoms with Gasteiger partial charge in [-0.1, -0.05) is 13.3 Å². The predicted molar refractivity (Wildman–Crippen MR) is 45.3 cm³/mol. The molecule has 0 amide bonds. The first-order chi connectivity index (χ1) is 6.17. The maximum absolute atomic E-state index is 11.0. The zero-order valence-corrected chi connectivity index (χ0v) is 10.8. The Morgan fingerprint density at radius 1 is 1.21 bits per heavy atom. The van der Waals surface area contributed by atoms with E-state index in [1.54, 1.807) is 6.92 Å². The summed E-state index contributed by atoms with van der Waals surface area (Å²) in [4.78, 5) is 21.9. The summed E-state index contributed by atoms with van der Waals surface area (Å²) in [6.07, 6.45) is 0.553. The summed E-state index contributed by atoms with van der Waals surface area (Å²) in [5.74, 6) is 3.17. The number of esters is 2. The molecule has 0 saturated carbocycles. The van der Waals surface area contributed by atoms with Crippen molar-refractivity contribution < 1.29 is 48.6 Å². The molecule has 0 aromatic carbocycles. The van der Waals surface area contributed by atoms with Crippen molar-refractivity contribution in [3.8, 4) is 11.8 Å². The van der Waals surface area contributed by atoms with E-state index >= 15 is 0 Å². The van der Waals surface area contributed by atoms with E-state index in [1.165, 1.54) is 14.2 Å². The van der Waals surface area contributed by atoms with Gasteiger partial charge in [-0.15, -0.1) is 0 Å². The molecular formula is C9H11NaO4. The van der Waals surface area contributed by atoms with Crippen molar-refractivity contribution in [1.29, 1.82) is 0 Å². The summed E-state index contributed by atoms with van der Waals surface area (Å²) in [6, 6.07) is 0. The minimum atomic E-state index is -0.771. The molecule has 14 heavy (non-hydrogen) atoms. The Morgan fingerprint density at radius 2 is 1.64 bits per heavy atom. The van der Waals surface area contributed by atoms with Crippen molar-refractivity contribution in [3.05, 3.63) is 5.92 Å². The summed E-state index contributed by atoms with van der Waals surface area (Å²) in [5.41, 5.74) is 0. The maximum atomic E-state index is 11.0. The Labute approximate surface area is 106 Å². The Morgan fingerprint density at radius 3 is 1.93 bits per heavy atom. The monoisotopic (exact) mass is 206 g/mol. The number of rotatable bonds is 2. The van der Waals surface area contributed by atoms with Crippen LogP contribution < -0.4 is 29.6 Å². The first-order valence-electron chi connectivity index (χ1n) is 3.69. The molecule has 0 unspecified atom stereocenters. The van der Waals surface area contributed by atoms with Gasteiger partial charge in [-0.25, -0.2) is 0 Å². The van der Waals surface area contributed by atoms with Gasteiger partial charge in [0.2, 0.25) is 0 Å². The number of methoxy groups -OCH3 is 2. The van der Waals surface area contributed by atoms with E-state index in [4.69, 9.17) is 0 Å². The van der Waals surface area contributed by atoms with Crippen molar-refractivity contribution in [2.24, 2.45) is 0 Å². The Hall–Kier alpha value is -0.630. The number of hydrogen-bond donors (Lipinski definition) is 0. The van der Waals surface area contributed by atoms with Gasteiger partial charge in [-0.3, -0.25) is 15.5 Å².